The van der Waals surface area contributed by atoms with Crippen LogP contribution in [0.4, 0.5) is 0 Å². The van der Waals surface area contributed by atoms with Gasteiger partial charge in [-0.15, -0.1) is 0 Å². The molecule has 53 valence electrons. The van der Waals surface area contributed by atoms with Crippen molar-refractivity contribution in [2.75, 3.05) is 0 Å². The molecular weight excluding hydrogens is 132 g/mol. The summed E-state index contributed by atoms with van der Waals surface area (Å²) in [5, 5.41) is 17.7. The molecule has 1 radical (unpaired) electrons. The molecule has 1 aromatic carbocycles. The van der Waals surface area contributed by atoms with Gasteiger partial charge in [-0.3, -0.25) is 0 Å². The van der Waals surface area contributed by atoms with Crippen LogP contribution in [0.15, 0.2) is 18.2 Å². The molecule has 0 saturated carbocycles. The van der Waals surface area contributed by atoms with Gasteiger partial charge in [0.2, 0.25) is 0 Å². The van der Waals surface area contributed by atoms with Crippen molar-refractivity contribution in [2.45, 2.75) is 0 Å². The summed E-state index contributed by atoms with van der Waals surface area (Å²) < 4.78 is 4.53. The van der Waals surface area contributed by atoms with E-state index in [1.54, 1.807) is 0 Å². The smallest absolute Gasteiger partial charge is 0.161 e. The van der Waals surface area contributed by atoms with Gasteiger partial charge < -0.3 is 14.9 Å². The van der Waals surface area contributed by atoms with E-state index in [-0.39, 0.29) is 11.5 Å². The van der Waals surface area contributed by atoms with Crippen LogP contribution < -0.4 is 4.74 Å². The zero-order valence-electron chi connectivity index (χ0n) is 5.24. The lowest BCUT2D eigenvalue weighted by atomic mass is 10.3. The number of rotatable bonds is 1. The second kappa shape index (κ2) is 2.47. The molecule has 3 heteroatoms. The van der Waals surface area contributed by atoms with Crippen LogP contribution in [-0.4, -0.2) is 10.2 Å². The van der Waals surface area contributed by atoms with Crippen molar-refractivity contribution < 1.29 is 14.9 Å². The number of benzene rings is 1. The number of hydrogen-bond donors (Lipinski definition) is 2. The molecule has 2 N–H and O–H groups in total. The van der Waals surface area contributed by atoms with E-state index in [2.05, 4.69) is 11.8 Å². The van der Waals surface area contributed by atoms with Crippen molar-refractivity contribution in [3.63, 3.8) is 0 Å². The van der Waals surface area contributed by atoms with Crippen LogP contribution in [0, 0.1) is 7.11 Å². The van der Waals surface area contributed by atoms with Gasteiger partial charge in [0.05, 0.1) is 0 Å². The fraction of sp³-hybridized carbons (Fsp3) is 0. The summed E-state index contributed by atoms with van der Waals surface area (Å²) >= 11 is 0. The predicted octanol–water partition coefficient (Wildman–Crippen LogP) is 1.27. The Morgan fingerprint density at radius 2 is 1.90 bits per heavy atom. The Morgan fingerprint density at radius 1 is 1.20 bits per heavy atom. The van der Waals surface area contributed by atoms with E-state index in [4.69, 9.17) is 10.2 Å². The van der Waals surface area contributed by atoms with E-state index >= 15 is 0 Å². The highest BCUT2D eigenvalue weighted by atomic mass is 16.5. The average molecular weight is 139 g/mol. The summed E-state index contributed by atoms with van der Waals surface area (Å²) in [6.07, 6.45) is 0. The highest BCUT2D eigenvalue weighted by Crippen LogP contribution is 2.28. The lowest BCUT2D eigenvalue weighted by Crippen LogP contribution is -1.77. The Kier molecular flexibility index (Phi) is 1.67. The number of phenols is 2. The summed E-state index contributed by atoms with van der Waals surface area (Å²) in [6.45, 7) is 0. The first-order valence-corrected chi connectivity index (χ1v) is 2.68. The molecule has 0 unspecified atom stereocenters. The lowest BCUT2D eigenvalue weighted by Gasteiger charge is -1.99. The van der Waals surface area contributed by atoms with Crippen LogP contribution in [0.1, 0.15) is 0 Å². The first kappa shape index (κ1) is 6.74. The molecule has 10 heavy (non-hydrogen) atoms. The Morgan fingerprint density at radius 3 is 2.40 bits per heavy atom. The van der Waals surface area contributed by atoms with Gasteiger partial charge >= 0.3 is 0 Å². The highest BCUT2D eigenvalue weighted by Gasteiger charge is 1.98. The van der Waals surface area contributed by atoms with Crippen molar-refractivity contribution >= 4 is 0 Å². The summed E-state index contributed by atoms with van der Waals surface area (Å²) in [4.78, 5) is 0. The maximum atomic E-state index is 8.87. The first-order chi connectivity index (χ1) is 4.74. The molecule has 0 aromatic heterocycles. The van der Waals surface area contributed by atoms with Gasteiger partial charge in [0.25, 0.3) is 0 Å². The van der Waals surface area contributed by atoms with Crippen molar-refractivity contribution in [3.05, 3.63) is 25.3 Å². The third-order valence-electron chi connectivity index (χ3n) is 1.11. The molecule has 0 heterocycles. The molecule has 0 aliphatic rings. The third kappa shape index (κ3) is 1.13. The molecule has 0 spiro atoms. The molecular formula is C7H7O3. The van der Waals surface area contributed by atoms with Gasteiger partial charge in [-0.2, -0.15) is 0 Å². The van der Waals surface area contributed by atoms with Gasteiger partial charge in [0.15, 0.2) is 11.5 Å². The van der Waals surface area contributed by atoms with Crippen molar-refractivity contribution in [3.8, 4) is 17.2 Å². The Balaban J connectivity index is 3.04. The van der Waals surface area contributed by atoms with Crippen LogP contribution in [0.3, 0.4) is 0 Å². The molecule has 0 amide bonds. The summed E-state index contributed by atoms with van der Waals surface area (Å²) in [7, 11) is 3.13. The molecule has 0 aliphatic heterocycles. The fourth-order valence-electron chi connectivity index (χ4n) is 0.593. The van der Waals surface area contributed by atoms with Gasteiger partial charge in [0.1, 0.15) is 12.9 Å². The normalized spacial score (nSPS) is 9.30. The Hall–Kier alpha value is -1.38. The summed E-state index contributed by atoms with van der Waals surface area (Å²) in [5.41, 5.74) is 0. The standard InChI is InChI=1S/C7H7O3/c1-10-5-2-3-6(8)7(9)4-5/h2-4,8-9H,1H2. The number of ether oxygens (including phenoxy) is 1. The van der Waals surface area contributed by atoms with Gasteiger partial charge in [0, 0.05) is 6.07 Å². The highest BCUT2D eigenvalue weighted by molar-refractivity contribution is 5.43. The van der Waals surface area contributed by atoms with Crippen LogP contribution >= 0.6 is 0 Å². The van der Waals surface area contributed by atoms with E-state index in [1.807, 2.05) is 0 Å². The minimum Gasteiger partial charge on any atom is -0.504 e. The quantitative estimate of drug-likeness (QED) is 0.576. The molecule has 0 saturated heterocycles. The van der Waals surface area contributed by atoms with Crippen molar-refractivity contribution in [2.24, 2.45) is 0 Å². The summed E-state index contributed by atoms with van der Waals surface area (Å²) in [6, 6.07) is 4.11. The van der Waals surface area contributed by atoms with E-state index in [0.717, 1.165) is 0 Å². The Bertz CT molecular complexity index is 232. The van der Waals surface area contributed by atoms with E-state index < -0.39 is 0 Å². The molecule has 0 aliphatic carbocycles. The maximum Gasteiger partial charge on any atom is 0.161 e. The third-order valence-corrected chi connectivity index (χ3v) is 1.11. The van der Waals surface area contributed by atoms with Crippen molar-refractivity contribution in [1.82, 2.24) is 0 Å². The molecule has 1 rings (SSSR count). The zero-order chi connectivity index (χ0) is 7.56. The second-order valence-electron chi connectivity index (χ2n) is 1.79. The molecule has 3 nitrogen and oxygen atoms in total. The number of phenolic OH excluding ortho intramolecular Hbond substituents is 2. The topological polar surface area (TPSA) is 49.7 Å². The predicted molar refractivity (Wildman–Crippen MR) is 35.8 cm³/mol. The van der Waals surface area contributed by atoms with Crippen LogP contribution in [0.2, 0.25) is 0 Å². The zero-order valence-corrected chi connectivity index (χ0v) is 5.24. The van der Waals surface area contributed by atoms with Crippen molar-refractivity contribution in [1.29, 1.82) is 0 Å². The van der Waals surface area contributed by atoms with Crippen LogP contribution in [0.5, 0.6) is 17.2 Å². The molecule has 0 bridgehead atoms. The largest absolute Gasteiger partial charge is 0.504 e. The van der Waals surface area contributed by atoms with Gasteiger partial charge in [-0.1, -0.05) is 0 Å². The minimum absolute atomic E-state index is 0.166. The first-order valence-electron chi connectivity index (χ1n) is 2.68. The summed E-state index contributed by atoms with van der Waals surface area (Å²) in [5.74, 6) is 0.0391. The lowest BCUT2D eigenvalue weighted by molar-refractivity contribution is 0.397. The maximum absolute atomic E-state index is 8.87. The molecule has 0 fully saturated rings. The minimum atomic E-state index is -0.207. The Labute approximate surface area is 58.5 Å². The average Bonchev–Trinajstić information content (AvgIpc) is 1.95. The van der Waals surface area contributed by atoms with Gasteiger partial charge in [-0.05, 0) is 12.1 Å². The number of aromatic hydroxyl groups is 2. The van der Waals surface area contributed by atoms with Gasteiger partial charge in [-0.25, -0.2) is 0 Å². The SMILES string of the molecule is [CH2]Oc1ccc(O)c(O)c1. The second-order valence-corrected chi connectivity index (χ2v) is 1.79. The number of hydrogen-bond acceptors (Lipinski definition) is 3. The van der Waals surface area contributed by atoms with Crippen LogP contribution in [0.25, 0.3) is 0 Å². The fourth-order valence-corrected chi connectivity index (χ4v) is 0.593. The van der Waals surface area contributed by atoms with Crippen LogP contribution in [-0.2, 0) is 0 Å². The van der Waals surface area contributed by atoms with E-state index in [9.17, 15) is 0 Å². The molecule has 1 aromatic rings. The molecule has 0 atom stereocenters. The van der Waals surface area contributed by atoms with E-state index in [0.29, 0.717) is 5.75 Å². The van der Waals surface area contributed by atoms with E-state index in [1.165, 1.54) is 18.2 Å². The monoisotopic (exact) mass is 139 g/mol.